The van der Waals surface area contributed by atoms with Gasteiger partial charge in [0.1, 0.15) is 5.82 Å². The average Bonchev–Trinajstić information content (AvgIpc) is 2.83. The number of rotatable bonds is 4. The van der Waals surface area contributed by atoms with Crippen LogP contribution in [-0.2, 0) is 4.79 Å². The second-order valence-electron chi connectivity index (χ2n) is 5.19. The third kappa shape index (κ3) is 2.90. The maximum absolute atomic E-state index is 13.6. The Bertz CT molecular complexity index is 798. The van der Waals surface area contributed by atoms with Gasteiger partial charge in [0.25, 0.3) is 5.91 Å². The molecule has 1 aliphatic heterocycles. The van der Waals surface area contributed by atoms with Gasteiger partial charge in [-0.3, -0.25) is 4.79 Å². The van der Waals surface area contributed by atoms with Crippen molar-refractivity contribution < 1.29 is 9.18 Å². The molecule has 0 spiro atoms. The number of amides is 1. The Morgan fingerprint density at radius 3 is 2.65 bits per heavy atom. The zero-order chi connectivity index (χ0) is 16.2. The first-order valence-corrected chi connectivity index (χ1v) is 7.49. The molecule has 3 rings (SSSR count). The summed E-state index contributed by atoms with van der Waals surface area (Å²) >= 11 is 0. The van der Waals surface area contributed by atoms with E-state index < -0.39 is 0 Å². The molecule has 0 saturated carbocycles. The van der Waals surface area contributed by atoms with Crippen LogP contribution in [0.5, 0.6) is 0 Å². The van der Waals surface area contributed by atoms with Gasteiger partial charge in [-0.15, -0.1) is 5.10 Å². The van der Waals surface area contributed by atoms with Crippen LogP contribution in [0.2, 0.25) is 0 Å². The van der Waals surface area contributed by atoms with Gasteiger partial charge in [0.2, 0.25) is 0 Å². The molecule has 4 nitrogen and oxygen atoms in total. The van der Waals surface area contributed by atoms with Crippen LogP contribution >= 0.6 is 0 Å². The second-order valence-corrected chi connectivity index (χ2v) is 5.19. The smallest absolute Gasteiger partial charge is 0.279 e. The average molecular weight is 309 g/mol. The van der Waals surface area contributed by atoms with Crippen molar-refractivity contribution in [3.8, 4) is 0 Å². The lowest BCUT2D eigenvalue weighted by atomic mass is 10.1. The molecule has 0 unspecified atom stereocenters. The number of anilines is 1. The molecular weight excluding hydrogens is 293 g/mol. The maximum Gasteiger partial charge on any atom is 0.279 e. The Hall–Kier alpha value is -2.82. The molecule has 0 fully saturated rings. The molecule has 1 aliphatic rings. The number of hydrogen-bond donors (Lipinski definition) is 0. The number of benzene rings is 2. The third-order valence-corrected chi connectivity index (χ3v) is 3.60. The van der Waals surface area contributed by atoms with E-state index >= 15 is 0 Å². The van der Waals surface area contributed by atoms with Gasteiger partial charge in [-0.2, -0.15) is 5.10 Å². The molecule has 0 aliphatic carbocycles. The summed E-state index contributed by atoms with van der Waals surface area (Å²) in [6.07, 6.45) is 2.17. The van der Waals surface area contributed by atoms with Gasteiger partial charge in [-0.1, -0.05) is 43.3 Å². The molecule has 1 amide bonds. The zero-order valence-corrected chi connectivity index (χ0v) is 12.7. The van der Waals surface area contributed by atoms with E-state index in [2.05, 4.69) is 10.2 Å². The quantitative estimate of drug-likeness (QED) is 0.630. The number of nitrogens with zero attached hydrogens (tertiary/aromatic N) is 3. The summed E-state index contributed by atoms with van der Waals surface area (Å²) in [5, 5.41) is 7.95. The van der Waals surface area contributed by atoms with E-state index in [1.54, 1.807) is 23.1 Å². The summed E-state index contributed by atoms with van der Waals surface area (Å²) in [6, 6.07) is 13.8. The van der Waals surface area contributed by atoms with Crippen LogP contribution in [0.15, 0.2) is 58.7 Å². The fourth-order valence-corrected chi connectivity index (χ4v) is 2.53. The molecule has 0 atom stereocenters. The number of hydrogen-bond acceptors (Lipinski definition) is 3. The first-order valence-electron chi connectivity index (χ1n) is 7.49. The monoisotopic (exact) mass is 309 g/mol. The van der Waals surface area contributed by atoms with Crippen molar-refractivity contribution in [1.82, 2.24) is 0 Å². The topological polar surface area (TPSA) is 45.0 Å². The minimum Gasteiger partial charge on any atom is -0.306 e. The van der Waals surface area contributed by atoms with Gasteiger partial charge in [0.05, 0.1) is 11.9 Å². The van der Waals surface area contributed by atoms with Crippen LogP contribution in [-0.4, -0.2) is 24.4 Å². The van der Waals surface area contributed by atoms with E-state index in [1.807, 2.05) is 31.2 Å². The van der Waals surface area contributed by atoms with E-state index in [0.29, 0.717) is 17.8 Å². The van der Waals surface area contributed by atoms with E-state index in [1.165, 1.54) is 12.3 Å². The molecular formula is C18H16FN3O. The molecule has 2 aromatic carbocycles. The van der Waals surface area contributed by atoms with Crippen molar-refractivity contribution >= 4 is 23.5 Å². The predicted octanol–water partition coefficient (Wildman–Crippen LogP) is 3.41. The lowest BCUT2D eigenvalue weighted by Gasteiger charge is -2.14. The molecule has 0 N–H and O–H groups in total. The predicted molar refractivity (Wildman–Crippen MR) is 89.6 cm³/mol. The number of carbonyl (C=O) groups excluding carboxylic acids is 1. The summed E-state index contributed by atoms with van der Waals surface area (Å²) in [6.45, 7) is 2.65. The molecule has 23 heavy (non-hydrogen) atoms. The number of fused-ring (bicyclic) bond motifs is 1. The van der Waals surface area contributed by atoms with Crippen molar-refractivity contribution in [3.05, 3.63) is 65.5 Å². The lowest BCUT2D eigenvalue weighted by Crippen LogP contribution is -2.30. The van der Waals surface area contributed by atoms with Gasteiger partial charge in [0.15, 0.2) is 5.71 Å². The molecule has 0 radical (unpaired) electrons. The largest absolute Gasteiger partial charge is 0.306 e. The summed E-state index contributed by atoms with van der Waals surface area (Å²) in [7, 11) is 0. The highest BCUT2D eigenvalue weighted by Gasteiger charge is 2.33. The summed E-state index contributed by atoms with van der Waals surface area (Å²) in [5.41, 5.74) is 2.23. The van der Waals surface area contributed by atoms with Crippen LogP contribution in [0.1, 0.15) is 24.5 Å². The second kappa shape index (κ2) is 6.52. The highest BCUT2D eigenvalue weighted by Crippen LogP contribution is 2.29. The van der Waals surface area contributed by atoms with Crippen LogP contribution < -0.4 is 4.90 Å². The van der Waals surface area contributed by atoms with Crippen molar-refractivity contribution in [1.29, 1.82) is 0 Å². The Labute approximate surface area is 134 Å². The summed E-state index contributed by atoms with van der Waals surface area (Å²) < 4.78 is 13.6. The SMILES string of the molecule is CCCN1C(=O)/C(=N/N=C\c2ccccc2F)c2ccccc21. The Morgan fingerprint density at radius 2 is 1.87 bits per heavy atom. The van der Waals surface area contributed by atoms with Crippen LogP contribution in [0.3, 0.4) is 0 Å². The maximum atomic E-state index is 13.6. The minimum absolute atomic E-state index is 0.168. The molecule has 2 aromatic rings. The van der Waals surface area contributed by atoms with Gasteiger partial charge in [0, 0.05) is 17.7 Å². The Morgan fingerprint density at radius 1 is 1.13 bits per heavy atom. The Kier molecular flexibility index (Phi) is 4.28. The van der Waals surface area contributed by atoms with Gasteiger partial charge in [-0.05, 0) is 18.6 Å². The van der Waals surface area contributed by atoms with Crippen molar-refractivity contribution in [2.45, 2.75) is 13.3 Å². The highest BCUT2D eigenvalue weighted by molar-refractivity contribution is 6.54. The molecule has 0 bridgehead atoms. The first kappa shape index (κ1) is 15.1. The van der Waals surface area contributed by atoms with Crippen LogP contribution in [0.25, 0.3) is 0 Å². The standard InChI is InChI=1S/C18H16FN3O/c1-2-11-22-16-10-6-4-8-14(16)17(18(22)23)21-20-12-13-7-3-5-9-15(13)19/h3-10,12H,2,11H2,1H3/b20-12-,21-17+. The fourth-order valence-electron chi connectivity index (χ4n) is 2.53. The zero-order valence-electron chi connectivity index (χ0n) is 12.7. The van der Waals surface area contributed by atoms with Gasteiger partial charge >= 0.3 is 0 Å². The molecule has 0 saturated heterocycles. The summed E-state index contributed by atoms with van der Waals surface area (Å²) in [4.78, 5) is 14.2. The Balaban J connectivity index is 1.93. The molecule has 116 valence electrons. The number of para-hydroxylation sites is 1. The highest BCUT2D eigenvalue weighted by atomic mass is 19.1. The van der Waals surface area contributed by atoms with E-state index in [0.717, 1.165) is 17.7 Å². The lowest BCUT2D eigenvalue weighted by molar-refractivity contribution is -0.112. The number of carbonyl (C=O) groups is 1. The van der Waals surface area contributed by atoms with Crippen molar-refractivity contribution in [2.24, 2.45) is 10.2 Å². The van der Waals surface area contributed by atoms with Crippen LogP contribution in [0.4, 0.5) is 10.1 Å². The minimum atomic E-state index is -0.373. The van der Waals surface area contributed by atoms with E-state index in [-0.39, 0.29) is 11.7 Å². The van der Waals surface area contributed by atoms with Crippen molar-refractivity contribution in [3.63, 3.8) is 0 Å². The van der Waals surface area contributed by atoms with Gasteiger partial charge < -0.3 is 4.90 Å². The summed E-state index contributed by atoms with van der Waals surface area (Å²) in [5.74, 6) is -0.541. The molecule has 1 heterocycles. The van der Waals surface area contributed by atoms with Crippen LogP contribution in [0, 0.1) is 5.82 Å². The molecule has 5 heteroatoms. The van der Waals surface area contributed by atoms with Crippen molar-refractivity contribution in [2.75, 3.05) is 11.4 Å². The van der Waals surface area contributed by atoms with E-state index in [9.17, 15) is 9.18 Å². The number of halogens is 1. The fraction of sp³-hybridized carbons (Fsp3) is 0.167. The van der Waals surface area contributed by atoms with Gasteiger partial charge in [-0.25, -0.2) is 4.39 Å². The molecule has 0 aromatic heterocycles. The normalized spacial score (nSPS) is 15.7. The van der Waals surface area contributed by atoms with E-state index in [4.69, 9.17) is 0 Å². The first-order chi connectivity index (χ1) is 11.2. The third-order valence-electron chi connectivity index (χ3n) is 3.60.